The van der Waals surface area contributed by atoms with Crippen molar-refractivity contribution in [2.75, 3.05) is 26.9 Å². The molecule has 0 fully saturated rings. The monoisotopic (exact) mass is 200 g/mol. The second-order valence-electron chi connectivity index (χ2n) is 3.40. The average molecular weight is 200 g/mol. The average Bonchev–Trinajstić information content (AvgIpc) is 2.15. The first-order chi connectivity index (χ1) is 6.70. The molecule has 1 N–H and O–H groups in total. The Balaban J connectivity index is 3.40. The molecule has 4 heteroatoms. The molecule has 0 aliphatic heterocycles. The molecule has 1 unspecified atom stereocenters. The van der Waals surface area contributed by atoms with Gasteiger partial charge in [0.1, 0.15) is 0 Å². The third-order valence-corrected chi connectivity index (χ3v) is 1.67. The molecule has 0 rings (SSSR count). The van der Waals surface area contributed by atoms with E-state index in [1.54, 1.807) is 7.11 Å². The molecule has 1 atom stereocenters. The molecule has 0 saturated heterocycles. The van der Waals surface area contributed by atoms with E-state index in [4.69, 9.17) is 14.7 Å². The molecule has 0 aliphatic carbocycles. The van der Waals surface area contributed by atoms with E-state index in [0.717, 1.165) is 6.42 Å². The molecule has 0 bridgehead atoms. The Morgan fingerprint density at radius 3 is 2.50 bits per heavy atom. The van der Waals surface area contributed by atoms with Gasteiger partial charge in [-0.3, -0.25) is 5.32 Å². The SMILES string of the molecule is COCCOCCC(C#N)NC(C)C. The highest BCUT2D eigenvalue weighted by molar-refractivity contribution is 4.90. The topological polar surface area (TPSA) is 54.3 Å². The number of nitriles is 1. The second-order valence-corrected chi connectivity index (χ2v) is 3.40. The fourth-order valence-electron chi connectivity index (χ4n) is 1.03. The zero-order chi connectivity index (χ0) is 10.8. The second kappa shape index (κ2) is 8.95. The maximum absolute atomic E-state index is 8.78. The van der Waals surface area contributed by atoms with Crippen molar-refractivity contribution in [3.8, 4) is 6.07 Å². The van der Waals surface area contributed by atoms with Crippen LogP contribution in [0.1, 0.15) is 20.3 Å². The van der Waals surface area contributed by atoms with Crippen molar-refractivity contribution in [3.05, 3.63) is 0 Å². The molecule has 4 nitrogen and oxygen atoms in total. The van der Waals surface area contributed by atoms with E-state index in [-0.39, 0.29) is 6.04 Å². The van der Waals surface area contributed by atoms with Crippen molar-refractivity contribution >= 4 is 0 Å². The third-order valence-electron chi connectivity index (χ3n) is 1.67. The van der Waals surface area contributed by atoms with Crippen LogP contribution >= 0.6 is 0 Å². The molecule has 0 radical (unpaired) electrons. The Labute approximate surface area is 86.2 Å². The van der Waals surface area contributed by atoms with Gasteiger partial charge >= 0.3 is 0 Å². The lowest BCUT2D eigenvalue weighted by Gasteiger charge is -2.14. The van der Waals surface area contributed by atoms with E-state index in [1.165, 1.54) is 0 Å². The summed E-state index contributed by atoms with van der Waals surface area (Å²) in [7, 11) is 1.64. The summed E-state index contributed by atoms with van der Waals surface area (Å²) in [5, 5.41) is 11.9. The maximum Gasteiger partial charge on any atom is 0.0976 e. The van der Waals surface area contributed by atoms with Crippen LogP contribution in [0.4, 0.5) is 0 Å². The minimum absolute atomic E-state index is 0.113. The van der Waals surface area contributed by atoms with E-state index >= 15 is 0 Å². The maximum atomic E-state index is 8.78. The van der Waals surface area contributed by atoms with E-state index in [2.05, 4.69) is 11.4 Å². The van der Waals surface area contributed by atoms with E-state index < -0.39 is 0 Å². The Bertz CT molecular complexity index is 166. The zero-order valence-electron chi connectivity index (χ0n) is 9.25. The van der Waals surface area contributed by atoms with Crippen LogP contribution in [-0.4, -0.2) is 39.0 Å². The number of nitrogens with one attached hydrogen (secondary N) is 1. The van der Waals surface area contributed by atoms with Gasteiger partial charge in [-0.2, -0.15) is 5.26 Å². The quantitative estimate of drug-likeness (QED) is 0.592. The largest absolute Gasteiger partial charge is 0.382 e. The van der Waals surface area contributed by atoms with Crippen molar-refractivity contribution in [1.29, 1.82) is 5.26 Å². The minimum atomic E-state index is -0.113. The number of hydrogen-bond acceptors (Lipinski definition) is 4. The first-order valence-corrected chi connectivity index (χ1v) is 4.93. The molecule has 0 saturated carbocycles. The lowest BCUT2D eigenvalue weighted by atomic mass is 10.2. The van der Waals surface area contributed by atoms with Gasteiger partial charge in [0.2, 0.25) is 0 Å². The predicted octanol–water partition coefficient (Wildman–Crippen LogP) is 0.930. The molecule has 14 heavy (non-hydrogen) atoms. The lowest BCUT2D eigenvalue weighted by Crippen LogP contribution is -2.34. The van der Waals surface area contributed by atoms with Gasteiger partial charge < -0.3 is 9.47 Å². The molecule has 0 aliphatic rings. The molecule has 0 amide bonds. The summed E-state index contributed by atoms with van der Waals surface area (Å²) >= 11 is 0. The molecule has 0 spiro atoms. The Morgan fingerprint density at radius 1 is 1.29 bits per heavy atom. The molecular formula is C10H20N2O2. The van der Waals surface area contributed by atoms with Crippen molar-refractivity contribution in [1.82, 2.24) is 5.32 Å². The number of methoxy groups -OCH3 is 1. The smallest absolute Gasteiger partial charge is 0.0976 e. The summed E-state index contributed by atoms with van der Waals surface area (Å²) in [6, 6.07) is 2.42. The van der Waals surface area contributed by atoms with Gasteiger partial charge in [-0.25, -0.2) is 0 Å². The normalized spacial score (nSPS) is 12.8. The summed E-state index contributed by atoms with van der Waals surface area (Å²) in [5.41, 5.74) is 0. The van der Waals surface area contributed by atoms with Crippen molar-refractivity contribution < 1.29 is 9.47 Å². The fourth-order valence-corrected chi connectivity index (χ4v) is 1.03. The van der Waals surface area contributed by atoms with Gasteiger partial charge in [0.15, 0.2) is 0 Å². The van der Waals surface area contributed by atoms with Crippen LogP contribution in [0.3, 0.4) is 0 Å². The van der Waals surface area contributed by atoms with Gasteiger partial charge in [-0.05, 0) is 20.3 Å². The van der Waals surface area contributed by atoms with Gasteiger partial charge in [0.05, 0.1) is 25.3 Å². The Hall–Kier alpha value is -0.630. The minimum Gasteiger partial charge on any atom is -0.382 e. The van der Waals surface area contributed by atoms with Gasteiger partial charge in [0, 0.05) is 19.8 Å². The van der Waals surface area contributed by atoms with Crippen LogP contribution in [-0.2, 0) is 9.47 Å². The number of hydrogen-bond donors (Lipinski definition) is 1. The first-order valence-electron chi connectivity index (χ1n) is 4.93. The number of ether oxygens (including phenoxy) is 2. The van der Waals surface area contributed by atoms with Crippen molar-refractivity contribution in [2.24, 2.45) is 0 Å². The Morgan fingerprint density at radius 2 is 2.00 bits per heavy atom. The summed E-state index contributed by atoms with van der Waals surface area (Å²) in [6.45, 7) is 5.85. The summed E-state index contributed by atoms with van der Waals surface area (Å²) in [5.74, 6) is 0. The van der Waals surface area contributed by atoms with Gasteiger partial charge in [0.25, 0.3) is 0 Å². The van der Waals surface area contributed by atoms with Crippen LogP contribution in [0, 0.1) is 11.3 Å². The highest BCUT2D eigenvalue weighted by Crippen LogP contribution is 1.93. The number of nitrogens with zero attached hydrogens (tertiary/aromatic N) is 1. The van der Waals surface area contributed by atoms with Crippen molar-refractivity contribution in [3.63, 3.8) is 0 Å². The standard InChI is InChI=1S/C10H20N2O2/c1-9(2)12-10(8-11)4-5-14-7-6-13-3/h9-10,12H,4-7H2,1-3H3. The first kappa shape index (κ1) is 13.4. The van der Waals surface area contributed by atoms with Gasteiger partial charge in [-0.1, -0.05) is 0 Å². The van der Waals surface area contributed by atoms with Crippen LogP contribution in [0.5, 0.6) is 0 Å². The van der Waals surface area contributed by atoms with Crippen LogP contribution in [0.2, 0.25) is 0 Å². The highest BCUT2D eigenvalue weighted by atomic mass is 16.5. The highest BCUT2D eigenvalue weighted by Gasteiger charge is 2.07. The molecular weight excluding hydrogens is 180 g/mol. The van der Waals surface area contributed by atoms with Crippen LogP contribution < -0.4 is 5.32 Å². The summed E-state index contributed by atoms with van der Waals surface area (Å²) < 4.78 is 10.1. The predicted molar refractivity (Wildman–Crippen MR) is 55.0 cm³/mol. The third kappa shape index (κ3) is 7.99. The van der Waals surface area contributed by atoms with E-state index in [1.807, 2.05) is 13.8 Å². The van der Waals surface area contributed by atoms with E-state index in [0.29, 0.717) is 25.9 Å². The molecule has 0 aromatic rings. The fraction of sp³-hybridized carbons (Fsp3) is 0.900. The zero-order valence-corrected chi connectivity index (χ0v) is 9.25. The summed E-state index contributed by atoms with van der Waals surface area (Å²) in [6.07, 6.45) is 0.721. The molecule has 0 aromatic heterocycles. The molecule has 0 heterocycles. The van der Waals surface area contributed by atoms with Gasteiger partial charge in [-0.15, -0.1) is 0 Å². The Kier molecular flexibility index (Phi) is 8.54. The van der Waals surface area contributed by atoms with Crippen LogP contribution in [0.25, 0.3) is 0 Å². The van der Waals surface area contributed by atoms with E-state index in [9.17, 15) is 0 Å². The molecule has 0 aromatic carbocycles. The van der Waals surface area contributed by atoms with Crippen molar-refractivity contribution in [2.45, 2.75) is 32.4 Å². The number of rotatable bonds is 8. The summed E-state index contributed by atoms with van der Waals surface area (Å²) in [4.78, 5) is 0. The van der Waals surface area contributed by atoms with Crippen LogP contribution in [0.15, 0.2) is 0 Å². The lowest BCUT2D eigenvalue weighted by molar-refractivity contribution is 0.0674. The molecule has 82 valence electrons.